The van der Waals surface area contributed by atoms with Crippen LogP contribution in [0.2, 0.25) is 0 Å². The third-order valence-electron chi connectivity index (χ3n) is 3.36. The van der Waals surface area contributed by atoms with Gasteiger partial charge in [-0.25, -0.2) is 9.97 Å². The Bertz CT molecular complexity index is 727. The van der Waals surface area contributed by atoms with E-state index >= 15 is 0 Å². The molecule has 0 bridgehead atoms. The van der Waals surface area contributed by atoms with E-state index in [-0.39, 0.29) is 0 Å². The van der Waals surface area contributed by atoms with Crippen LogP contribution in [0.5, 0.6) is 0 Å². The van der Waals surface area contributed by atoms with Crippen LogP contribution in [0.15, 0.2) is 60.9 Å². The molecule has 3 aromatic rings. The molecule has 110 valence electrons. The van der Waals surface area contributed by atoms with Crippen LogP contribution in [-0.2, 0) is 6.42 Å². The number of aromatic nitrogens is 3. The Morgan fingerprint density at radius 2 is 1.86 bits per heavy atom. The Hall–Kier alpha value is -2.75. The normalized spacial score (nSPS) is 10.4. The van der Waals surface area contributed by atoms with Crippen LogP contribution in [0.25, 0.3) is 11.3 Å². The van der Waals surface area contributed by atoms with Gasteiger partial charge < -0.3 is 5.32 Å². The average molecular weight is 290 g/mol. The molecule has 0 unspecified atom stereocenters. The van der Waals surface area contributed by atoms with Crippen LogP contribution in [-0.4, -0.2) is 21.5 Å². The highest BCUT2D eigenvalue weighted by Gasteiger charge is 2.04. The molecule has 0 amide bonds. The number of aryl methyl sites for hydroxylation is 1. The zero-order valence-corrected chi connectivity index (χ0v) is 12.5. The van der Waals surface area contributed by atoms with Gasteiger partial charge >= 0.3 is 0 Å². The van der Waals surface area contributed by atoms with Gasteiger partial charge in [0.15, 0.2) is 0 Å². The fourth-order valence-corrected chi connectivity index (χ4v) is 2.30. The molecule has 0 saturated carbocycles. The van der Waals surface area contributed by atoms with E-state index in [0.29, 0.717) is 0 Å². The van der Waals surface area contributed by atoms with Crippen molar-refractivity contribution in [3.8, 4) is 11.3 Å². The van der Waals surface area contributed by atoms with Gasteiger partial charge in [0.1, 0.15) is 11.6 Å². The first-order chi connectivity index (χ1) is 10.8. The SMILES string of the molecule is Cc1nc(NCCc2ccccc2)cc(-c2cccnc2)n1. The summed E-state index contributed by atoms with van der Waals surface area (Å²) >= 11 is 0. The van der Waals surface area contributed by atoms with E-state index in [1.54, 1.807) is 6.20 Å². The Labute approximate surface area is 130 Å². The molecule has 0 aliphatic rings. The Morgan fingerprint density at radius 1 is 1.00 bits per heavy atom. The molecule has 0 fully saturated rings. The van der Waals surface area contributed by atoms with Gasteiger partial charge in [-0.2, -0.15) is 0 Å². The number of rotatable bonds is 5. The van der Waals surface area contributed by atoms with Crippen molar-refractivity contribution >= 4 is 5.82 Å². The zero-order valence-electron chi connectivity index (χ0n) is 12.5. The van der Waals surface area contributed by atoms with Gasteiger partial charge in [0.05, 0.1) is 5.69 Å². The molecule has 0 aliphatic carbocycles. The lowest BCUT2D eigenvalue weighted by Crippen LogP contribution is -2.07. The third-order valence-corrected chi connectivity index (χ3v) is 3.36. The van der Waals surface area contributed by atoms with Crippen LogP contribution in [0, 0.1) is 6.92 Å². The smallest absolute Gasteiger partial charge is 0.130 e. The molecule has 2 aromatic heterocycles. The summed E-state index contributed by atoms with van der Waals surface area (Å²) in [5, 5.41) is 3.37. The minimum absolute atomic E-state index is 0.753. The van der Waals surface area contributed by atoms with Crippen molar-refractivity contribution in [1.82, 2.24) is 15.0 Å². The number of hydrogen-bond donors (Lipinski definition) is 1. The van der Waals surface area contributed by atoms with Crippen molar-refractivity contribution in [2.75, 3.05) is 11.9 Å². The van der Waals surface area contributed by atoms with Crippen LogP contribution in [0.3, 0.4) is 0 Å². The molecule has 22 heavy (non-hydrogen) atoms. The van der Waals surface area contributed by atoms with Crippen LogP contribution in [0.1, 0.15) is 11.4 Å². The fraction of sp³-hybridized carbons (Fsp3) is 0.167. The van der Waals surface area contributed by atoms with Crippen molar-refractivity contribution in [2.45, 2.75) is 13.3 Å². The highest BCUT2D eigenvalue weighted by Crippen LogP contribution is 2.18. The first kappa shape index (κ1) is 14.2. The maximum Gasteiger partial charge on any atom is 0.130 e. The number of pyridine rings is 1. The van der Waals surface area contributed by atoms with E-state index in [4.69, 9.17) is 0 Å². The predicted octanol–water partition coefficient (Wildman–Crippen LogP) is 3.50. The lowest BCUT2D eigenvalue weighted by Gasteiger charge is -2.08. The molecule has 3 rings (SSSR count). The van der Waals surface area contributed by atoms with Crippen LogP contribution in [0.4, 0.5) is 5.82 Å². The second kappa shape index (κ2) is 6.80. The van der Waals surface area contributed by atoms with Crippen molar-refractivity contribution < 1.29 is 0 Å². The Balaban J connectivity index is 1.70. The van der Waals surface area contributed by atoms with Gasteiger partial charge in [-0.15, -0.1) is 0 Å². The molecular formula is C18H18N4. The second-order valence-electron chi connectivity index (χ2n) is 5.09. The quantitative estimate of drug-likeness (QED) is 0.781. The fourth-order valence-electron chi connectivity index (χ4n) is 2.30. The second-order valence-corrected chi connectivity index (χ2v) is 5.09. The van der Waals surface area contributed by atoms with E-state index < -0.39 is 0 Å². The molecule has 4 heteroatoms. The summed E-state index contributed by atoms with van der Waals surface area (Å²) in [6.07, 6.45) is 4.54. The van der Waals surface area contributed by atoms with Gasteiger partial charge in [-0.3, -0.25) is 4.98 Å². The van der Waals surface area contributed by atoms with Crippen molar-refractivity contribution in [3.63, 3.8) is 0 Å². The summed E-state index contributed by atoms with van der Waals surface area (Å²) in [5.74, 6) is 1.60. The summed E-state index contributed by atoms with van der Waals surface area (Å²) in [4.78, 5) is 13.1. The van der Waals surface area contributed by atoms with Crippen molar-refractivity contribution in [2.24, 2.45) is 0 Å². The lowest BCUT2D eigenvalue weighted by molar-refractivity contribution is 0.983. The summed E-state index contributed by atoms with van der Waals surface area (Å²) in [6, 6.07) is 16.3. The van der Waals surface area contributed by atoms with Crippen LogP contribution >= 0.6 is 0 Å². The molecule has 2 heterocycles. The van der Waals surface area contributed by atoms with E-state index in [0.717, 1.165) is 35.9 Å². The maximum absolute atomic E-state index is 4.48. The standard InChI is InChI=1S/C18H18N4/c1-14-21-17(16-8-5-10-19-13-16)12-18(22-14)20-11-9-15-6-3-2-4-7-15/h2-8,10,12-13H,9,11H2,1H3,(H,20,21,22). The number of benzene rings is 1. The lowest BCUT2D eigenvalue weighted by atomic mass is 10.1. The van der Waals surface area contributed by atoms with E-state index in [9.17, 15) is 0 Å². The topological polar surface area (TPSA) is 50.7 Å². The van der Waals surface area contributed by atoms with Gasteiger partial charge in [0.25, 0.3) is 0 Å². The molecule has 0 aliphatic heterocycles. The zero-order chi connectivity index (χ0) is 15.2. The minimum Gasteiger partial charge on any atom is -0.370 e. The summed E-state index contributed by atoms with van der Waals surface area (Å²) in [7, 11) is 0. The molecule has 0 radical (unpaired) electrons. The monoisotopic (exact) mass is 290 g/mol. The van der Waals surface area contributed by atoms with Gasteiger partial charge in [0, 0.05) is 30.6 Å². The maximum atomic E-state index is 4.48. The number of nitrogens with zero attached hydrogens (tertiary/aromatic N) is 3. The molecule has 1 aromatic carbocycles. The largest absolute Gasteiger partial charge is 0.370 e. The predicted molar refractivity (Wildman–Crippen MR) is 88.6 cm³/mol. The van der Waals surface area contributed by atoms with Gasteiger partial charge in [0.2, 0.25) is 0 Å². The Kier molecular flexibility index (Phi) is 4.39. The van der Waals surface area contributed by atoms with Crippen molar-refractivity contribution in [3.05, 3.63) is 72.3 Å². The van der Waals surface area contributed by atoms with Crippen molar-refractivity contribution in [1.29, 1.82) is 0 Å². The van der Waals surface area contributed by atoms with E-state index in [2.05, 4.69) is 44.5 Å². The van der Waals surface area contributed by atoms with Crippen LogP contribution < -0.4 is 5.32 Å². The molecule has 1 N–H and O–H groups in total. The average Bonchev–Trinajstić information content (AvgIpc) is 2.56. The highest BCUT2D eigenvalue weighted by atomic mass is 15.0. The van der Waals surface area contributed by atoms with Gasteiger partial charge in [-0.1, -0.05) is 30.3 Å². The number of nitrogens with one attached hydrogen (secondary N) is 1. The van der Waals surface area contributed by atoms with E-state index in [1.807, 2.05) is 37.4 Å². The highest BCUT2D eigenvalue weighted by molar-refractivity contribution is 5.61. The molecule has 0 spiro atoms. The van der Waals surface area contributed by atoms with E-state index in [1.165, 1.54) is 5.56 Å². The summed E-state index contributed by atoms with van der Waals surface area (Å²) < 4.78 is 0. The molecule has 4 nitrogen and oxygen atoms in total. The third kappa shape index (κ3) is 3.67. The first-order valence-corrected chi connectivity index (χ1v) is 7.35. The number of hydrogen-bond acceptors (Lipinski definition) is 4. The summed E-state index contributed by atoms with van der Waals surface area (Å²) in [5.41, 5.74) is 3.20. The number of anilines is 1. The van der Waals surface area contributed by atoms with Gasteiger partial charge in [-0.05, 0) is 31.0 Å². The summed E-state index contributed by atoms with van der Waals surface area (Å²) in [6.45, 7) is 2.75. The molecule has 0 saturated heterocycles. The molecule has 0 atom stereocenters. The minimum atomic E-state index is 0.753. The molecular weight excluding hydrogens is 272 g/mol. The Morgan fingerprint density at radius 3 is 2.64 bits per heavy atom. The first-order valence-electron chi connectivity index (χ1n) is 7.35.